The number of nitrogens with zero attached hydrogens (tertiary/aromatic N) is 1. The maximum absolute atomic E-state index is 6.08. The van der Waals surface area contributed by atoms with Crippen molar-refractivity contribution in [1.82, 2.24) is 0 Å². The third-order valence-corrected chi connectivity index (χ3v) is 4.70. The largest absolute Gasteiger partial charge is 0.488 e. The zero-order valence-corrected chi connectivity index (χ0v) is 13.3. The number of hydrogen-bond donors (Lipinski definition) is 0. The minimum atomic E-state index is -0.0337. The van der Waals surface area contributed by atoms with Crippen LogP contribution in [0.2, 0.25) is 0 Å². The van der Waals surface area contributed by atoms with Crippen LogP contribution in [0.15, 0.2) is 42.6 Å². The highest BCUT2D eigenvalue weighted by molar-refractivity contribution is 5.80. The molecule has 4 rings (SSSR count). The topological polar surface area (TPSA) is 13.1 Å². The molecule has 0 unspecified atom stereocenters. The summed E-state index contributed by atoms with van der Waals surface area (Å²) in [5, 5.41) is 0. The fourth-order valence-corrected chi connectivity index (χ4v) is 3.45. The summed E-state index contributed by atoms with van der Waals surface area (Å²) in [6.07, 6.45) is 7.80. The molecule has 2 nitrogen and oxygen atoms in total. The standard InChI is InChI=1S/C20H22NO/c1-20(2)10-8-17-14-15(6-7-19(17)22-20)13-16-9-12-21-11-4-3-5-18(16)21/h3-7,11,13-14H,8-10,12H2,1-2H3/q+1. The molecule has 2 aliphatic rings. The highest BCUT2D eigenvalue weighted by atomic mass is 16.5. The summed E-state index contributed by atoms with van der Waals surface area (Å²) in [6.45, 7) is 5.42. The highest BCUT2D eigenvalue weighted by Crippen LogP contribution is 2.34. The van der Waals surface area contributed by atoms with Crippen molar-refractivity contribution in [1.29, 1.82) is 0 Å². The Morgan fingerprint density at radius 1 is 1.14 bits per heavy atom. The molecule has 0 amide bonds. The van der Waals surface area contributed by atoms with Gasteiger partial charge in [-0.15, -0.1) is 0 Å². The molecule has 2 aromatic rings. The summed E-state index contributed by atoms with van der Waals surface area (Å²) in [7, 11) is 0. The summed E-state index contributed by atoms with van der Waals surface area (Å²) < 4.78 is 8.40. The molecular formula is C20H22NO+. The molecule has 0 saturated carbocycles. The van der Waals surface area contributed by atoms with Crippen LogP contribution in [0.4, 0.5) is 0 Å². The Labute approximate surface area is 132 Å². The molecule has 0 fully saturated rings. The van der Waals surface area contributed by atoms with E-state index < -0.39 is 0 Å². The first-order chi connectivity index (χ1) is 10.6. The summed E-state index contributed by atoms with van der Waals surface area (Å²) in [5.41, 5.74) is 5.37. The first-order valence-corrected chi connectivity index (χ1v) is 8.12. The van der Waals surface area contributed by atoms with E-state index in [1.807, 2.05) is 0 Å². The lowest BCUT2D eigenvalue weighted by molar-refractivity contribution is -0.689. The van der Waals surface area contributed by atoms with E-state index in [-0.39, 0.29) is 5.60 Å². The SMILES string of the molecule is CC1(C)CCc2cc(C=C3CC[n+]4ccccc43)ccc2O1. The fraction of sp³-hybridized carbons (Fsp3) is 0.350. The van der Waals surface area contributed by atoms with Gasteiger partial charge in [-0.3, -0.25) is 0 Å². The molecule has 2 heteroatoms. The molecule has 0 atom stereocenters. The van der Waals surface area contributed by atoms with Crippen LogP contribution in [0.25, 0.3) is 11.6 Å². The number of fused-ring (bicyclic) bond motifs is 2. The molecule has 1 aromatic carbocycles. The number of hydrogen-bond acceptors (Lipinski definition) is 1. The molecular weight excluding hydrogens is 270 g/mol. The Balaban J connectivity index is 1.67. The maximum Gasteiger partial charge on any atom is 0.208 e. The average molecular weight is 292 g/mol. The molecule has 1 aromatic heterocycles. The van der Waals surface area contributed by atoms with Gasteiger partial charge in [-0.25, -0.2) is 0 Å². The van der Waals surface area contributed by atoms with Gasteiger partial charge in [-0.1, -0.05) is 6.07 Å². The van der Waals surface area contributed by atoms with Crippen molar-refractivity contribution >= 4 is 11.6 Å². The lowest BCUT2D eigenvalue weighted by Crippen LogP contribution is -2.32. The average Bonchev–Trinajstić information content (AvgIpc) is 2.90. The van der Waals surface area contributed by atoms with Crippen LogP contribution in [0.5, 0.6) is 5.75 Å². The van der Waals surface area contributed by atoms with Crippen molar-refractivity contribution in [2.75, 3.05) is 0 Å². The minimum absolute atomic E-state index is 0.0337. The number of aryl methyl sites for hydroxylation is 2. The quantitative estimate of drug-likeness (QED) is 0.724. The molecule has 0 spiro atoms. The number of pyridine rings is 1. The van der Waals surface area contributed by atoms with Crippen molar-refractivity contribution in [2.24, 2.45) is 0 Å². The van der Waals surface area contributed by atoms with Gasteiger partial charge in [-0.05, 0) is 62.1 Å². The van der Waals surface area contributed by atoms with E-state index in [0.29, 0.717) is 0 Å². The predicted octanol–water partition coefficient (Wildman–Crippen LogP) is 4.02. The van der Waals surface area contributed by atoms with E-state index in [0.717, 1.165) is 31.6 Å². The van der Waals surface area contributed by atoms with Gasteiger partial charge in [-0.2, -0.15) is 4.57 Å². The van der Waals surface area contributed by atoms with Gasteiger partial charge in [0.25, 0.3) is 0 Å². The second-order valence-corrected chi connectivity index (χ2v) is 6.93. The van der Waals surface area contributed by atoms with Gasteiger partial charge in [0.05, 0.1) is 0 Å². The second-order valence-electron chi connectivity index (χ2n) is 6.93. The maximum atomic E-state index is 6.08. The number of benzene rings is 1. The minimum Gasteiger partial charge on any atom is -0.488 e. The van der Waals surface area contributed by atoms with E-state index >= 15 is 0 Å². The van der Waals surface area contributed by atoms with Crippen LogP contribution in [-0.2, 0) is 13.0 Å². The van der Waals surface area contributed by atoms with Gasteiger partial charge >= 0.3 is 0 Å². The predicted molar refractivity (Wildman–Crippen MR) is 88.6 cm³/mol. The highest BCUT2D eigenvalue weighted by Gasteiger charge is 2.27. The van der Waals surface area contributed by atoms with E-state index in [2.05, 4.69) is 67.1 Å². The van der Waals surface area contributed by atoms with Crippen molar-refractivity contribution < 1.29 is 9.30 Å². The Hall–Kier alpha value is -2.09. The number of aromatic nitrogens is 1. The molecule has 0 aliphatic carbocycles. The van der Waals surface area contributed by atoms with Crippen LogP contribution < -0.4 is 9.30 Å². The van der Waals surface area contributed by atoms with Gasteiger partial charge in [0.1, 0.15) is 11.4 Å². The first kappa shape index (κ1) is 13.6. The van der Waals surface area contributed by atoms with Crippen molar-refractivity contribution in [3.8, 4) is 5.75 Å². The molecule has 112 valence electrons. The molecule has 0 bridgehead atoms. The summed E-state index contributed by atoms with van der Waals surface area (Å²) in [5.74, 6) is 1.06. The molecule has 0 saturated heterocycles. The second kappa shape index (κ2) is 4.98. The zero-order valence-electron chi connectivity index (χ0n) is 13.3. The molecule has 2 aliphatic heterocycles. The molecule has 22 heavy (non-hydrogen) atoms. The van der Waals surface area contributed by atoms with Gasteiger partial charge in [0, 0.05) is 24.1 Å². The first-order valence-electron chi connectivity index (χ1n) is 8.12. The zero-order chi connectivity index (χ0) is 15.2. The lowest BCUT2D eigenvalue weighted by Gasteiger charge is -2.32. The summed E-state index contributed by atoms with van der Waals surface area (Å²) in [4.78, 5) is 0. The van der Waals surface area contributed by atoms with Crippen LogP contribution >= 0.6 is 0 Å². The molecule has 0 radical (unpaired) electrons. The van der Waals surface area contributed by atoms with Crippen LogP contribution in [0.3, 0.4) is 0 Å². The Morgan fingerprint density at radius 2 is 2.05 bits per heavy atom. The van der Waals surface area contributed by atoms with Gasteiger partial charge in [0.15, 0.2) is 12.7 Å². The van der Waals surface area contributed by atoms with Crippen LogP contribution in [0, 0.1) is 0 Å². The Morgan fingerprint density at radius 3 is 2.95 bits per heavy atom. The third-order valence-electron chi connectivity index (χ3n) is 4.70. The van der Waals surface area contributed by atoms with Crippen molar-refractivity contribution in [2.45, 2.75) is 45.3 Å². The normalized spacial score (nSPS) is 20.4. The Bertz CT molecular complexity index is 758. The van der Waals surface area contributed by atoms with Gasteiger partial charge < -0.3 is 4.74 Å². The van der Waals surface area contributed by atoms with E-state index in [4.69, 9.17) is 4.74 Å². The van der Waals surface area contributed by atoms with Gasteiger partial charge in [0.2, 0.25) is 5.69 Å². The van der Waals surface area contributed by atoms with Crippen molar-refractivity contribution in [3.05, 3.63) is 59.4 Å². The third kappa shape index (κ3) is 2.43. The van der Waals surface area contributed by atoms with Crippen molar-refractivity contribution in [3.63, 3.8) is 0 Å². The monoisotopic (exact) mass is 292 g/mol. The van der Waals surface area contributed by atoms with Crippen LogP contribution in [0.1, 0.15) is 43.5 Å². The number of ether oxygens (including phenoxy) is 1. The Kier molecular flexibility index (Phi) is 3.07. The molecule has 3 heterocycles. The smallest absolute Gasteiger partial charge is 0.208 e. The number of allylic oxidation sites excluding steroid dienone is 1. The molecule has 0 N–H and O–H groups in total. The summed E-state index contributed by atoms with van der Waals surface area (Å²) >= 11 is 0. The lowest BCUT2D eigenvalue weighted by atomic mass is 9.93. The summed E-state index contributed by atoms with van der Waals surface area (Å²) in [6, 6.07) is 13.0. The van der Waals surface area contributed by atoms with E-state index in [1.54, 1.807) is 0 Å². The van der Waals surface area contributed by atoms with E-state index in [1.165, 1.54) is 22.4 Å². The van der Waals surface area contributed by atoms with Crippen LogP contribution in [-0.4, -0.2) is 5.60 Å². The van der Waals surface area contributed by atoms with E-state index in [9.17, 15) is 0 Å². The number of rotatable bonds is 1. The fourth-order valence-electron chi connectivity index (χ4n) is 3.45.